The Labute approximate surface area is 219 Å². The first-order valence-corrected chi connectivity index (χ1v) is 10.5. The molecule has 3 heterocycles. The molecular formula is C22H22Cl2F6N6O. The number of anilines is 1. The molecule has 4 N–H and O–H groups in total. The number of nitrogens with two attached hydrogens (primary N) is 2. The Balaban J connectivity index is 0.00000241. The number of fused-ring (bicyclic) bond motifs is 1. The number of imidazole rings is 1. The third-order valence-corrected chi connectivity index (χ3v) is 5.68. The van der Waals surface area contributed by atoms with E-state index >= 15 is 0 Å². The fraction of sp³-hybridized carbons (Fsp3) is 0.318. The Morgan fingerprint density at radius 3 is 2.35 bits per heavy atom. The predicted molar refractivity (Wildman–Crippen MR) is 127 cm³/mol. The summed E-state index contributed by atoms with van der Waals surface area (Å²) in [6.45, 7) is -0.358. The summed E-state index contributed by atoms with van der Waals surface area (Å²) >= 11 is 0. The summed E-state index contributed by atoms with van der Waals surface area (Å²) in [4.78, 5) is 21.9. The van der Waals surface area contributed by atoms with E-state index in [1.54, 1.807) is 0 Å². The molecule has 7 nitrogen and oxygen atoms in total. The number of pyridine rings is 1. The lowest BCUT2D eigenvalue weighted by molar-refractivity contribution is -0.148. The van der Waals surface area contributed by atoms with Crippen molar-refractivity contribution >= 4 is 36.5 Å². The van der Waals surface area contributed by atoms with Gasteiger partial charge in [-0.3, -0.25) is 4.79 Å². The minimum Gasteiger partial charge on any atom is -0.384 e. The summed E-state index contributed by atoms with van der Waals surface area (Å²) in [5.41, 5.74) is 11.8. The zero-order valence-electron chi connectivity index (χ0n) is 18.9. The van der Waals surface area contributed by atoms with Gasteiger partial charge in [-0.2, -0.15) is 13.2 Å². The number of hydrogen-bond donors (Lipinski definition) is 2. The fourth-order valence-electron chi connectivity index (χ4n) is 4.00. The number of amides is 1. The van der Waals surface area contributed by atoms with Crippen LogP contribution in [-0.2, 0) is 30.5 Å². The molecule has 1 amide bonds. The zero-order valence-corrected chi connectivity index (χ0v) is 20.6. The lowest BCUT2D eigenvalue weighted by Crippen LogP contribution is -2.42. The van der Waals surface area contributed by atoms with E-state index in [0.29, 0.717) is 17.7 Å². The number of rotatable bonds is 5. The van der Waals surface area contributed by atoms with Crippen LogP contribution in [0, 0.1) is 17.5 Å². The molecule has 1 aliphatic heterocycles. The van der Waals surface area contributed by atoms with E-state index in [9.17, 15) is 31.1 Å². The summed E-state index contributed by atoms with van der Waals surface area (Å²) in [6.07, 6.45) is -3.93. The standard InChI is InChI=1S/C22H20F6N6O.2ClH/c23-14-8-16(25)15(24)6-12(14)5-13(29)7-19(35)33-3-4-34-17(10-33)20(32-21(34)22(26,27)28)11-1-2-18(30)31-9-11;;/h1-2,6,8-9,13H,3-5,7,10,29H2,(H2,30,31);2*1H/t13-;;/m1../s1. The van der Waals surface area contributed by atoms with Gasteiger partial charge in [-0.25, -0.2) is 23.1 Å². The van der Waals surface area contributed by atoms with Crippen LogP contribution in [0.25, 0.3) is 11.3 Å². The van der Waals surface area contributed by atoms with Gasteiger partial charge in [-0.1, -0.05) is 0 Å². The highest BCUT2D eigenvalue weighted by Crippen LogP contribution is 2.36. The van der Waals surface area contributed by atoms with Crippen LogP contribution in [0.1, 0.15) is 23.5 Å². The number of carbonyl (C=O) groups excluding carboxylic acids is 1. The lowest BCUT2D eigenvalue weighted by atomic mass is 10.0. The smallest absolute Gasteiger partial charge is 0.384 e. The molecule has 0 radical (unpaired) electrons. The average molecular weight is 571 g/mol. The number of carbonyl (C=O) groups is 1. The van der Waals surface area contributed by atoms with Crippen molar-refractivity contribution in [3.63, 3.8) is 0 Å². The quantitative estimate of drug-likeness (QED) is 0.355. The van der Waals surface area contributed by atoms with Crippen LogP contribution in [0.5, 0.6) is 0 Å². The monoisotopic (exact) mass is 570 g/mol. The van der Waals surface area contributed by atoms with Gasteiger partial charge in [0.15, 0.2) is 11.6 Å². The minimum absolute atomic E-state index is 0. The lowest BCUT2D eigenvalue weighted by Gasteiger charge is -2.30. The van der Waals surface area contributed by atoms with Crippen LogP contribution in [0.3, 0.4) is 0 Å². The molecule has 1 aromatic carbocycles. The number of nitrogen functional groups attached to an aromatic ring is 1. The van der Waals surface area contributed by atoms with Crippen LogP contribution < -0.4 is 11.5 Å². The van der Waals surface area contributed by atoms with Crippen LogP contribution in [0.15, 0.2) is 30.5 Å². The first-order chi connectivity index (χ1) is 16.4. The van der Waals surface area contributed by atoms with E-state index in [0.717, 1.165) is 4.57 Å². The summed E-state index contributed by atoms with van der Waals surface area (Å²) < 4.78 is 82.3. The highest BCUT2D eigenvalue weighted by molar-refractivity contribution is 5.85. The highest BCUT2D eigenvalue weighted by atomic mass is 35.5. The first-order valence-electron chi connectivity index (χ1n) is 10.5. The van der Waals surface area contributed by atoms with Gasteiger partial charge in [0.2, 0.25) is 11.7 Å². The Hall–Kier alpha value is -3.03. The van der Waals surface area contributed by atoms with E-state index in [1.807, 2.05) is 0 Å². The molecule has 1 atom stereocenters. The number of alkyl halides is 3. The Morgan fingerprint density at radius 1 is 1.05 bits per heavy atom. The first kappa shape index (κ1) is 30.2. The van der Waals surface area contributed by atoms with Gasteiger partial charge >= 0.3 is 6.18 Å². The summed E-state index contributed by atoms with van der Waals surface area (Å²) in [5.74, 6) is -4.96. The highest BCUT2D eigenvalue weighted by Gasteiger charge is 2.41. The predicted octanol–water partition coefficient (Wildman–Crippen LogP) is 4.11. The van der Waals surface area contributed by atoms with E-state index in [4.69, 9.17) is 11.5 Å². The molecule has 3 aromatic rings. The van der Waals surface area contributed by atoms with Crippen LogP contribution in [0.4, 0.5) is 32.2 Å². The van der Waals surface area contributed by atoms with E-state index in [2.05, 4.69) is 9.97 Å². The minimum atomic E-state index is -4.71. The molecule has 15 heteroatoms. The maximum atomic E-state index is 13.9. The van der Waals surface area contributed by atoms with Crippen molar-refractivity contribution in [2.45, 2.75) is 38.1 Å². The number of aromatic nitrogens is 3. The SMILES string of the molecule is Cl.Cl.Nc1ccc(-c2nc(C(F)(F)F)n3c2CN(C(=O)C[C@H](N)Cc2cc(F)c(F)cc2F)CC3)cn1. The van der Waals surface area contributed by atoms with Crippen LogP contribution >= 0.6 is 24.8 Å². The summed E-state index contributed by atoms with van der Waals surface area (Å²) in [6, 6.07) is 3.06. The normalized spacial score (nSPS) is 13.9. The zero-order chi connectivity index (χ0) is 25.5. The number of halogens is 8. The van der Waals surface area contributed by atoms with Gasteiger partial charge in [0.05, 0.1) is 17.9 Å². The second-order valence-corrected chi connectivity index (χ2v) is 8.19. The molecule has 0 bridgehead atoms. The Morgan fingerprint density at radius 2 is 1.73 bits per heavy atom. The molecule has 37 heavy (non-hydrogen) atoms. The van der Waals surface area contributed by atoms with Crippen molar-refractivity contribution in [1.29, 1.82) is 0 Å². The van der Waals surface area contributed by atoms with E-state index in [-0.39, 0.29) is 80.1 Å². The van der Waals surface area contributed by atoms with Crippen molar-refractivity contribution in [1.82, 2.24) is 19.4 Å². The van der Waals surface area contributed by atoms with Gasteiger partial charge in [0.25, 0.3) is 0 Å². The topological polar surface area (TPSA) is 103 Å². The maximum Gasteiger partial charge on any atom is 0.449 e. The maximum absolute atomic E-state index is 13.9. The third-order valence-electron chi connectivity index (χ3n) is 5.68. The summed E-state index contributed by atoms with van der Waals surface area (Å²) in [7, 11) is 0. The largest absolute Gasteiger partial charge is 0.449 e. The van der Waals surface area contributed by atoms with Gasteiger partial charge < -0.3 is 20.9 Å². The van der Waals surface area contributed by atoms with Crippen LogP contribution in [0.2, 0.25) is 0 Å². The molecule has 0 spiro atoms. The molecule has 0 aliphatic carbocycles. The average Bonchev–Trinajstić information content (AvgIpc) is 3.17. The molecule has 0 unspecified atom stereocenters. The third kappa shape index (κ3) is 6.46. The molecule has 0 fully saturated rings. The fourth-order valence-corrected chi connectivity index (χ4v) is 4.00. The second-order valence-electron chi connectivity index (χ2n) is 8.19. The molecule has 202 valence electrons. The van der Waals surface area contributed by atoms with Crippen molar-refractivity contribution in [3.8, 4) is 11.3 Å². The van der Waals surface area contributed by atoms with Crippen molar-refractivity contribution in [2.24, 2.45) is 5.73 Å². The molecule has 2 aromatic heterocycles. The molecule has 4 rings (SSSR count). The van der Waals surface area contributed by atoms with Gasteiger partial charge in [0.1, 0.15) is 11.6 Å². The van der Waals surface area contributed by atoms with Crippen molar-refractivity contribution < 1.29 is 31.1 Å². The van der Waals surface area contributed by atoms with E-state index in [1.165, 1.54) is 23.2 Å². The molecule has 1 aliphatic rings. The second kappa shape index (κ2) is 11.6. The molecular weight excluding hydrogens is 549 g/mol. The van der Waals surface area contributed by atoms with Gasteiger partial charge in [-0.15, -0.1) is 24.8 Å². The number of hydrogen-bond acceptors (Lipinski definition) is 5. The molecule has 0 saturated heterocycles. The number of nitrogens with zero attached hydrogens (tertiary/aromatic N) is 4. The summed E-state index contributed by atoms with van der Waals surface area (Å²) in [5, 5.41) is 0. The van der Waals surface area contributed by atoms with E-state index < -0.39 is 41.4 Å². The van der Waals surface area contributed by atoms with Gasteiger partial charge in [0, 0.05) is 43.4 Å². The van der Waals surface area contributed by atoms with Crippen molar-refractivity contribution in [3.05, 3.63) is 65.0 Å². The van der Waals surface area contributed by atoms with Crippen LogP contribution in [-0.4, -0.2) is 37.9 Å². The van der Waals surface area contributed by atoms with Crippen molar-refractivity contribution in [2.75, 3.05) is 12.3 Å². The Kier molecular flexibility index (Phi) is 9.44. The molecule has 0 saturated carbocycles. The van der Waals surface area contributed by atoms with Gasteiger partial charge in [-0.05, 0) is 30.2 Å². The number of benzene rings is 1. The Bertz CT molecular complexity index is 1270.